The van der Waals surface area contributed by atoms with Crippen molar-refractivity contribution in [3.05, 3.63) is 0 Å². The van der Waals surface area contributed by atoms with Gasteiger partial charge in [0.05, 0.1) is 4.87 Å². The molecular formula is C7H18O3S2Si. The van der Waals surface area contributed by atoms with E-state index in [2.05, 4.69) is 25.3 Å². The van der Waals surface area contributed by atoms with E-state index in [-0.39, 0.29) is 4.87 Å². The van der Waals surface area contributed by atoms with Gasteiger partial charge in [0.15, 0.2) is 0 Å². The largest absolute Gasteiger partial charge is 0.513 e. The molecule has 0 radical (unpaired) electrons. The number of hydrogen-bond acceptors (Lipinski definition) is 5. The molecule has 0 saturated heterocycles. The first-order valence-corrected chi connectivity index (χ1v) is 7.06. The Morgan fingerprint density at radius 2 is 1.62 bits per heavy atom. The molecule has 13 heavy (non-hydrogen) atoms. The fourth-order valence-corrected chi connectivity index (χ4v) is 4.31. The van der Waals surface area contributed by atoms with Crippen LogP contribution in [0.2, 0.25) is 0 Å². The van der Waals surface area contributed by atoms with Gasteiger partial charge in [0.2, 0.25) is 0 Å². The first-order chi connectivity index (χ1) is 6.16. The lowest BCUT2D eigenvalue weighted by Crippen LogP contribution is -2.52. The lowest BCUT2D eigenvalue weighted by molar-refractivity contribution is 0.121. The van der Waals surface area contributed by atoms with Gasteiger partial charge in [-0.1, -0.05) is 0 Å². The SMILES string of the molecule is CO[Si](OC)(OC)C(S)CCCS. The predicted molar refractivity (Wildman–Crippen MR) is 62.6 cm³/mol. The highest BCUT2D eigenvalue weighted by Crippen LogP contribution is 2.21. The average Bonchev–Trinajstić information content (AvgIpc) is 2.18. The molecule has 80 valence electrons. The summed E-state index contributed by atoms with van der Waals surface area (Å²) in [6.45, 7) is 0. The Hall–Kier alpha value is 0.797. The minimum absolute atomic E-state index is 0.0275. The van der Waals surface area contributed by atoms with Gasteiger partial charge in [-0.3, -0.25) is 0 Å². The summed E-state index contributed by atoms with van der Waals surface area (Å²) in [6, 6.07) is 0. The minimum Gasteiger partial charge on any atom is -0.376 e. The zero-order valence-corrected chi connectivity index (χ0v) is 11.1. The van der Waals surface area contributed by atoms with Crippen molar-refractivity contribution in [3.63, 3.8) is 0 Å². The molecule has 1 unspecified atom stereocenters. The zero-order chi connectivity index (χ0) is 10.3. The molecule has 0 aliphatic rings. The monoisotopic (exact) mass is 242 g/mol. The van der Waals surface area contributed by atoms with Crippen molar-refractivity contribution in [1.82, 2.24) is 0 Å². The first-order valence-electron chi connectivity index (χ1n) is 4.11. The van der Waals surface area contributed by atoms with E-state index in [1.807, 2.05) is 0 Å². The molecule has 6 heteroatoms. The standard InChI is InChI=1S/C7H18O3S2Si/c1-8-13(9-2,10-3)7(12)5-4-6-11/h7,11-12H,4-6H2,1-3H3. The molecule has 0 rings (SSSR count). The Bertz CT molecular complexity index is 125. The maximum absolute atomic E-state index is 5.29. The van der Waals surface area contributed by atoms with Gasteiger partial charge in [0, 0.05) is 21.3 Å². The summed E-state index contributed by atoms with van der Waals surface area (Å²) in [6.07, 6.45) is 1.89. The van der Waals surface area contributed by atoms with E-state index in [1.165, 1.54) is 0 Å². The van der Waals surface area contributed by atoms with Gasteiger partial charge in [-0.05, 0) is 18.6 Å². The van der Waals surface area contributed by atoms with E-state index >= 15 is 0 Å². The summed E-state index contributed by atoms with van der Waals surface area (Å²) < 4.78 is 15.9. The van der Waals surface area contributed by atoms with Crippen LogP contribution in [-0.2, 0) is 13.3 Å². The number of hydrogen-bond donors (Lipinski definition) is 2. The maximum Gasteiger partial charge on any atom is 0.513 e. The van der Waals surface area contributed by atoms with Crippen LogP contribution in [0.1, 0.15) is 12.8 Å². The number of thiol groups is 2. The van der Waals surface area contributed by atoms with E-state index in [0.717, 1.165) is 18.6 Å². The van der Waals surface area contributed by atoms with Crippen molar-refractivity contribution >= 4 is 34.1 Å². The van der Waals surface area contributed by atoms with Crippen LogP contribution in [0.5, 0.6) is 0 Å². The summed E-state index contributed by atoms with van der Waals surface area (Å²) in [4.78, 5) is 0.0275. The Morgan fingerprint density at radius 3 is 1.92 bits per heavy atom. The molecule has 0 aliphatic carbocycles. The van der Waals surface area contributed by atoms with Gasteiger partial charge < -0.3 is 13.3 Å². The Labute approximate surface area is 92.3 Å². The van der Waals surface area contributed by atoms with E-state index in [4.69, 9.17) is 13.3 Å². The highest BCUT2D eigenvalue weighted by molar-refractivity contribution is 7.83. The van der Waals surface area contributed by atoms with Crippen molar-refractivity contribution in [2.75, 3.05) is 27.1 Å². The summed E-state index contributed by atoms with van der Waals surface area (Å²) >= 11 is 8.58. The highest BCUT2D eigenvalue weighted by atomic mass is 32.1. The van der Waals surface area contributed by atoms with Gasteiger partial charge in [-0.2, -0.15) is 25.3 Å². The van der Waals surface area contributed by atoms with E-state index in [0.29, 0.717) is 0 Å². The van der Waals surface area contributed by atoms with Gasteiger partial charge in [0.1, 0.15) is 0 Å². The van der Waals surface area contributed by atoms with Gasteiger partial charge in [0.25, 0.3) is 0 Å². The maximum atomic E-state index is 5.29. The van der Waals surface area contributed by atoms with Crippen LogP contribution < -0.4 is 0 Å². The van der Waals surface area contributed by atoms with Crippen molar-refractivity contribution in [2.24, 2.45) is 0 Å². The second kappa shape index (κ2) is 7.14. The van der Waals surface area contributed by atoms with Crippen LogP contribution in [-0.4, -0.2) is 40.8 Å². The molecule has 0 fully saturated rings. The van der Waals surface area contributed by atoms with Crippen LogP contribution in [0.3, 0.4) is 0 Å². The van der Waals surface area contributed by atoms with E-state index in [1.54, 1.807) is 21.3 Å². The molecular weight excluding hydrogens is 224 g/mol. The molecule has 0 N–H and O–H groups in total. The van der Waals surface area contributed by atoms with Gasteiger partial charge in [-0.25, -0.2) is 0 Å². The molecule has 0 aromatic carbocycles. The van der Waals surface area contributed by atoms with E-state index in [9.17, 15) is 0 Å². The highest BCUT2D eigenvalue weighted by Gasteiger charge is 2.44. The van der Waals surface area contributed by atoms with Gasteiger partial charge in [-0.15, -0.1) is 0 Å². The lowest BCUT2D eigenvalue weighted by atomic mass is 10.4. The Kier molecular flexibility index (Phi) is 7.57. The van der Waals surface area contributed by atoms with Crippen LogP contribution in [0.15, 0.2) is 0 Å². The number of rotatable bonds is 7. The van der Waals surface area contributed by atoms with Gasteiger partial charge >= 0.3 is 8.80 Å². The lowest BCUT2D eigenvalue weighted by Gasteiger charge is -2.29. The Morgan fingerprint density at radius 1 is 1.15 bits per heavy atom. The second-order valence-corrected chi connectivity index (χ2v) is 7.28. The molecule has 0 bridgehead atoms. The van der Waals surface area contributed by atoms with Crippen molar-refractivity contribution < 1.29 is 13.3 Å². The molecule has 0 aliphatic heterocycles. The van der Waals surface area contributed by atoms with Crippen molar-refractivity contribution in [3.8, 4) is 0 Å². The smallest absolute Gasteiger partial charge is 0.376 e. The van der Waals surface area contributed by atoms with Crippen LogP contribution in [0.4, 0.5) is 0 Å². The first kappa shape index (κ1) is 13.8. The summed E-state index contributed by atoms with van der Waals surface area (Å²) in [5.74, 6) is 0.846. The fraction of sp³-hybridized carbons (Fsp3) is 1.00. The van der Waals surface area contributed by atoms with Crippen LogP contribution in [0.25, 0.3) is 0 Å². The van der Waals surface area contributed by atoms with Crippen LogP contribution in [0, 0.1) is 0 Å². The normalized spacial score (nSPS) is 14.5. The Balaban J connectivity index is 4.17. The summed E-state index contributed by atoms with van der Waals surface area (Å²) in [7, 11) is 2.27. The molecule has 0 aromatic heterocycles. The predicted octanol–water partition coefficient (Wildman–Crippen LogP) is 1.41. The zero-order valence-electron chi connectivity index (χ0n) is 8.32. The molecule has 1 atom stereocenters. The molecule has 0 amide bonds. The third kappa shape index (κ3) is 3.81. The quantitative estimate of drug-likeness (QED) is 0.522. The third-order valence-corrected chi connectivity index (χ3v) is 6.23. The third-order valence-electron chi connectivity index (χ3n) is 1.90. The van der Waals surface area contributed by atoms with Crippen molar-refractivity contribution in [2.45, 2.75) is 17.7 Å². The molecule has 3 nitrogen and oxygen atoms in total. The molecule has 0 spiro atoms. The molecule has 0 heterocycles. The second-order valence-electron chi connectivity index (χ2n) is 2.60. The molecule has 0 saturated carbocycles. The topological polar surface area (TPSA) is 27.7 Å². The average molecular weight is 242 g/mol. The van der Waals surface area contributed by atoms with Crippen molar-refractivity contribution in [1.29, 1.82) is 0 Å². The fourth-order valence-electron chi connectivity index (χ4n) is 1.12. The summed E-state index contributed by atoms with van der Waals surface area (Å²) in [5, 5.41) is 0. The van der Waals surface area contributed by atoms with E-state index < -0.39 is 8.80 Å². The van der Waals surface area contributed by atoms with Crippen LogP contribution >= 0.6 is 25.3 Å². The summed E-state index contributed by atoms with van der Waals surface area (Å²) in [5.41, 5.74) is 0. The molecule has 0 aromatic rings. The minimum atomic E-state index is -2.53.